The molecule has 10 heteroatoms. The topological polar surface area (TPSA) is 114 Å². The van der Waals surface area contributed by atoms with Crippen molar-refractivity contribution in [1.29, 1.82) is 0 Å². The number of rotatable bonds is 10. The minimum atomic E-state index is -3.63. The lowest BCUT2D eigenvalue weighted by Gasteiger charge is -2.26. The van der Waals surface area contributed by atoms with Crippen molar-refractivity contribution in [3.05, 3.63) is 29.8 Å². The van der Waals surface area contributed by atoms with Gasteiger partial charge in [-0.25, -0.2) is 17.9 Å². The number of hydrogen-bond acceptors (Lipinski definition) is 7. The van der Waals surface area contributed by atoms with E-state index in [4.69, 9.17) is 9.47 Å². The summed E-state index contributed by atoms with van der Waals surface area (Å²) in [4.78, 5) is 26.7. The predicted octanol–water partition coefficient (Wildman–Crippen LogP) is 0.615. The van der Waals surface area contributed by atoms with E-state index in [9.17, 15) is 18.0 Å². The van der Waals surface area contributed by atoms with Crippen molar-refractivity contribution in [1.82, 2.24) is 14.9 Å². The van der Waals surface area contributed by atoms with Crippen LogP contribution < -0.4 is 10.0 Å². The molecule has 0 saturated carbocycles. The van der Waals surface area contributed by atoms with Crippen LogP contribution in [0.25, 0.3) is 0 Å². The SMILES string of the molecule is CC(C)CNS(=O)(=O)c1ccc(C(=O)O[C@@H](C)C(=O)NCCN2CCOCC2)cc1. The molecule has 0 aromatic heterocycles. The summed E-state index contributed by atoms with van der Waals surface area (Å²) in [6, 6.07) is 5.42. The third kappa shape index (κ3) is 7.67. The highest BCUT2D eigenvalue weighted by Crippen LogP contribution is 2.12. The Hall–Kier alpha value is -2.01. The molecule has 0 spiro atoms. The molecule has 2 rings (SSSR count). The van der Waals surface area contributed by atoms with Gasteiger partial charge in [-0.1, -0.05) is 13.8 Å². The van der Waals surface area contributed by atoms with Crippen molar-refractivity contribution in [3.63, 3.8) is 0 Å². The van der Waals surface area contributed by atoms with E-state index < -0.39 is 22.1 Å². The largest absolute Gasteiger partial charge is 0.449 e. The van der Waals surface area contributed by atoms with Crippen LogP contribution in [0, 0.1) is 5.92 Å². The summed E-state index contributed by atoms with van der Waals surface area (Å²) >= 11 is 0. The molecule has 9 nitrogen and oxygen atoms in total. The van der Waals surface area contributed by atoms with Crippen LogP contribution in [0.3, 0.4) is 0 Å². The average Bonchev–Trinajstić information content (AvgIpc) is 2.73. The Morgan fingerprint density at radius 3 is 2.37 bits per heavy atom. The van der Waals surface area contributed by atoms with Crippen LogP contribution in [-0.2, 0) is 24.3 Å². The quantitative estimate of drug-likeness (QED) is 0.512. The highest BCUT2D eigenvalue weighted by atomic mass is 32.2. The molecular weight excluding hydrogens is 410 g/mol. The van der Waals surface area contributed by atoms with Crippen molar-refractivity contribution >= 4 is 21.9 Å². The smallest absolute Gasteiger partial charge is 0.338 e. The highest BCUT2D eigenvalue weighted by Gasteiger charge is 2.20. The Bertz CT molecular complexity index is 804. The van der Waals surface area contributed by atoms with Crippen molar-refractivity contribution in [3.8, 4) is 0 Å². The Labute approximate surface area is 178 Å². The lowest BCUT2D eigenvalue weighted by Crippen LogP contribution is -2.43. The number of morpholine rings is 1. The second-order valence-corrected chi connectivity index (χ2v) is 9.33. The Morgan fingerprint density at radius 1 is 1.13 bits per heavy atom. The van der Waals surface area contributed by atoms with E-state index in [1.54, 1.807) is 0 Å². The average molecular weight is 442 g/mol. The molecule has 1 fully saturated rings. The lowest BCUT2D eigenvalue weighted by molar-refractivity contribution is -0.129. The third-order valence-electron chi connectivity index (χ3n) is 4.57. The zero-order valence-corrected chi connectivity index (χ0v) is 18.5. The van der Waals surface area contributed by atoms with Gasteiger partial charge < -0.3 is 14.8 Å². The van der Waals surface area contributed by atoms with Crippen LogP contribution in [0.5, 0.6) is 0 Å². The summed E-state index contributed by atoms with van der Waals surface area (Å²) in [6.45, 7) is 9.83. The third-order valence-corrected chi connectivity index (χ3v) is 6.01. The van der Waals surface area contributed by atoms with Gasteiger partial charge in [-0.2, -0.15) is 0 Å². The normalized spacial score (nSPS) is 16.3. The van der Waals surface area contributed by atoms with E-state index >= 15 is 0 Å². The number of ether oxygens (including phenoxy) is 2. The second kappa shape index (κ2) is 11.4. The first-order chi connectivity index (χ1) is 14.2. The molecule has 168 valence electrons. The van der Waals surface area contributed by atoms with E-state index in [0.717, 1.165) is 13.1 Å². The molecule has 1 heterocycles. The minimum absolute atomic E-state index is 0.0635. The van der Waals surface area contributed by atoms with Gasteiger partial charge in [0.15, 0.2) is 6.10 Å². The standard InChI is InChI=1S/C20H31N3O6S/c1-15(2)14-22-30(26,27)18-6-4-17(5-7-18)20(25)29-16(3)19(24)21-8-9-23-10-12-28-13-11-23/h4-7,15-16,22H,8-14H2,1-3H3,(H,21,24)/t16-/m0/s1. The van der Waals surface area contributed by atoms with Crippen LogP contribution in [0.15, 0.2) is 29.2 Å². The van der Waals surface area contributed by atoms with E-state index in [1.165, 1.54) is 31.2 Å². The van der Waals surface area contributed by atoms with Crippen LogP contribution in [0.2, 0.25) is 0 Å². The Balaban J connectivity index is 1.82. The first kappa shape index (κ1) is 24.3. The van der Waals surface area contributed by atoms with Gasteiger partial charge >= 0.3 is 5.97 Å². The van der Waals surface area contributed by atoms with Crippen LogP contribution in [-0.4, -0.2) is 77.2 Å². The molecule has 1 amide bonds. The van der Waals surface area contributed by atoms with Crippen LogP contribution in [0.4, 0.5) is 0 Å². The van der Waals surface area contributed by atoms with Gasteiger partial charge in [-0.05, 0) is 37.1 Å². The molecule has 1 saturated heterocycles. The van der Waals surface area contributed by atoms with E-state index in [-0.39, 0.29) is 22.3 Å². The van der Waals surface area contributed by atoms with Crippen molar-refractivity contribution in [2.45, 2.75) is 31.8 Å². The summed E-state index contributed by atoms with van der Waals surface area (Å²) < 4.78 is 37.4. The molecule has 1 atom stereocenters. The number of amides is 1. The maximum absolute atomic E-state index is 12.3. The molecule has 0 radical (unpaired) electrons. The molecule has 1 aliphatic rings. The lowest BCUT2D eigenvalue weighted by atomic mass is 10.2. The zero-order valence-electron chi connectivity index (χ0n) is 17.7. The zero-order chi connectivity index (χ0) is 22.1. The molecular formula is C20H31N3O6S. The fourth-order valence-corrected chi connectivity index (χ4v) is 3.93. The van der Waals surface area contributed by atoms with Crippen molar-refractivity contribution in [2.24, 2.45) is 5.92 Å². The molecule has 0 bridgehead atoms. The fraction of sp³-hybridized carbons (Fsp3) is 0.600. The van der Waals surface area contributed by atoms with Gasteiger partial charge in [0, 0.05) is 32.7 Å². The number of nitrogens with zero attached hydrogens (tertiary/aromatic N) is 1. The van der Waals surface area contributed by atoms with Crippen LogP contribution in [0.1, 0.15) is 31.1 Å². The number of benzene rings is 1. The van der Waals surface area contributed by atoms with Gasteiger partial charge in [0.1, 0.15) is 0 Å². The van der Waals surface area contributed by atoms with Crippen LogP contribution >= 0.6 is 0 Å². The number of hydrogen-bond donors (Lipinski definition) is 2. The number of carbonyl (C=O) groups is 2. The molecule has 30 heavy (non-hydrogen) atoms. The molecule has 1 aliphatic heterocycles. The number of nitrogens with one attached hydrogen (secondary N) is 2. The summed E-state index contributed by atoms with van der Waals surface area (Å²) in [7, 11) is -3.63. The fourth-order valence-electron chi connectivity index (χ4n) is 2.72. The maximum Gasteiger partial charge on any atom is 0.338 e. The maximum atomic E-state index is 12.3. The first-order valence-corrected chi connectivity index (χ1v) is 11.6. The Morgan fingerprint density at radius 2 is 1.77 bits per heavy atom. The molecule has 2 N–H and O–H groups in total. The van der Waals surface area contributed by atoms with Gasteiger partial charge in [-0.3, -0.25) is 9.69 Å². The summed E-state index contributed by atoms with van der Waals surface area (Å²) in [5.41, 5.74) is 0.172. The summed E-state index contributed by atoms with van der Waals surface area (Å²) in [5, 5.41) is 2.75. The molecule has 0 unspecified atom stereocenters. The van der Waals surface area contributed by atoms with Gasteiger partial charge in [0.05, 0.1) is 23.7 Å². The Kier molecular flexibility index (Phi) is 9.22. The summed E-state index contributed by atoms with van der Waals surface area (Å²) in [5.74, 6) is -0.894. The van der Waals surface area contributed by atoms with Crippen molar-refractivity contribution in [2.75, 3.05) is 45.9 Å². The minimum Gasteiger partial charge on any atom is -0.449 e. The monoisotopic (exact) mass is 441 g/mol. The summed E-state index contributed by atoms with van der Waals surface area (Å²) in [6.07, 6.45) is -0.960. The van der Waals surface area contributed by atoms with E-state index in [1.807, 2.05) is 13.8 Å². The van der Waals surface area contributed by atoms with E-state index in [2.05, 4.69) is 14.9 Å². The number of sulfonamides is 1. The van der Waals surface area contributed by atoms with E-state index in [0.29, 0.717) is 32.8 Å². The molecule has 1 aromatic carbocycles. The molecule has 1 aromatic rings. The number of carbonyl (C=O) groups excluding carboxylic acids is 2. The van der Waals surface area contributed by atoms with Gasteiger partial charge in [-0.15, -0.1) is 0 Å². The van der Waals surface area contributed by atoms with Crippen molar-refractivity contribution < 1.29 is 27.5 Å². The highest BCUT2D eigenvalue weighted by molar-refractivity contribution is 7.89. The molecule has 0 aliphatic carbocycles. The number of esters is 1. The van der Waals surface area contributed by atoms with Gasteiger partial charge in [0.25, 0.3) is 5.91 Å². The first-order valence-electron chi connectivity index (χ1n) is 10.1. The van der Waals surface area contributed by atoms with Gasteiger partial charge in [0.2, 0.25) is 10.0 Å². The predicted molar refractivity (Wildman–Crippen MR) is 112 cm³/mol. The second-order valence-electron chi connectivity index (χ2n) is 7.56.